The highest BCUT2D eigenvalue weighted by Gasteiger charge is 2.06. The molecule has 3 nitrogen and oxygen atoms in total. The average molecular weight is 354 g/mol. The van der Waals surface area contributed by atoms with Crippen molar-refractivity contribution < 1.29 is 0 Å². The minimum absolute atomic E-state index is 0.0862. The van der Waals surface area contributed by atoms with E-state index >= 15 is 0 Å². The Labute approximate surface area is 115 Å². The first-order chi connectivity index (χ1) is 8.24. The Bertz CT molecular complexity index is 734. The second-order valence-electron chi connectivity index (χ2n) is 3.55. The van der Waals surface area contributed by atoms with Crippen molar-refractivity contribution in [2.45, 2.75) is 0 Å². The molecule has 0 unspecified atom stereocenters. The van der Waals surface area contributed by atoms with Crippen molar-refractivity contribution in [2.24, 2.45) is 0 Å². The van der Waals surface area contributed by atoms with E-state index in [9.17, 15) is 4.79 Å². The lowest BCUT2D eigenvalue weighted by Crippen LogP contribution is -2.09. The zero-order valence-corrected chi connectivity index (χ0v) is 11.6. The fourth-order valence-corrected chi connectivity index (χ4v) is 2.80. The molecule has 84 valence electrons. The Hall–Kier alpha value is -1.21. The summed E-state index contributed by atoms with van der Waals surface area (Å²) in [4.78, 5) is 20.2. The van der Waals surface area contributed by atoms with Gasteiger partial charge in [-0.15, -0.1) is 11.3 Å². The van der Waals surface area contributed by atoms with Crippen molar-refractivity contribution in [2.75, 3.05) is 0 Å². The van der Waals surface area contributed by atoms with Gasteiger partial charge in [0.1, 0.15) is 0 Å². The molecule has 0 radical (unpaired) electrons. The number of benzene rings is 1. The number of nitrogens with one attached hydrogen (secondary N) is 1. The number of thiophene rings is 1. The number of H-pyrrole nitrogens is 1. The molecule has 2 heterocycles. The lowest BCUT2D eigenvalue weighted by Gasteiger charge is -2.01. The Kier molecular flexibility index (Phi) is 2.71. The van der Waals surface area contributed by atoms with Crippen LogP contribution >= 0.6 is 33.9 Å². The van der Waals surface area contributed by atoms with Gasteiger partial charge in [-0.2, -0.15) is 0 Å². The molecule has 3 rings (SSSR count). The van der Waals surface area contributed by atoms with Crippen LogP contribution in [0.4, 0.5) is 0 Å². The van der Waals surface area contributed by atoms with E-state index in [1.54, 1.807) is 11.3 Å². The Balaban J connectivity index is 2.32. The zero-order chi connectivity index (χ0) is 11.8. The molecule has 0 aliphatic carbocycles. The van der Waals surface area contributed by atoms with Crippen molar-refractivity contribution in [1.82, 2.24) is 9.97 Å². The summed E-state index contributed by atoms with van der Waals surface area (Å²) in [7, 11) is 0. The van der Waals surface area contributed by atoms with Crippen LogP contribution in [0.25, 0.3) is 21.6 Å². The lowest BCUT2D eigenvalue weighted by atomic mass is 10.2. The van der Waals surface area contributed by atoms with E-state index in [4.69, 9.17) is 0 Å². The van der Waals surface area contributed by atoms with Crippen LogP contribution in [0.5, 0.6) is 0 Å². The third-order valence-corrected chi connectivity index (χ3v) is 3.97. The molecule has 1 N–H and O–H groups in total. The van der Waals surface area contributed by atoms with E-state index in [1.807, 2.05) is 35.7 Å². The van der Waals surface area contributed by atoms with Gasteiger partial charge in [-0.1, -0.05) is 6.07 Å². The number of halogens is 1. The maximum atomic E-state index is 12.0. The van der Waals surface area contributed by atoms with Crippen LogP contribution in [-0.2, 0) is 0 Å². The molecule has 0 aliphatic rings. The largest absolute Gasteiger partial charge is 0.305 e. The van der Waals surface area contributed by atoms with Crippen LogP contribution in [-0.4, -0.2) is 9.97 Å². The monoisotopic (exact) mass is 354 g/mol. The predicted molar refractivity (Wildman–Crippen MR) is 78.4 cm³/mol. The SMILES string of the molecule is O=c1[nH]c(-c2cccs2)nc2ccc(I)cc12. The quantitative estimate of drug-likeness (QED) is 0.682. The number of aromatic amines is 1. The van der Waals surface area contributed by atoms with Gasteiger partial charge in [-0.25, -0.2) is 4.98 Å². The minimum Gasteiger partial charge on any atom is -0.305 e. The molecule has 0 saturated heterocycles. The molecule has 1 aromatic carbocycles. The molecule has 17 heavy (non-hydrogen) atoms. The topological polar surface area (TPSA) is 45.8 Å². The molecular weight excluding hydrogens is 347 g/mol. The molecule has 0 atom stereocenters. The summed E-state index contributed by atoms with van der Waals surface area (Å²) in [5.74, 6) is 0.638. The van der Waals surface area contributed by atoms with Gasteiger partial charge in [0.15, 0.2) is 5.82 Å². The summed E-state index contributed by atoms with van der Waals surface area (Å²) in [6.07, 6.45) is 0. The molecule has 5 heteroatoms. The number of fused-ring (bicyclic) bond motifs is 1. The second kappa shape index (κ2) is 4.23. The number of rotatable bonds is 1. The van der Waals surface area contributed by atoms with Crippen molar-refractivity contribution in [3.63, 3.8) is 0 Å². The van der Waals surface area contributed by atoms with Crippen molar-refractivity contribution in [3.05, 3.63) is 49.6 Å². The third-order valence-electron chi connectivity index (χ3n) is 2.42. The Morgan fingerprint density at radius 1 is 1.29 bits per heavy atom. The van der Waals surface area contributed by atoms with Gasteiger partial charge < -0.3 is 4.98 Å². The normalized spacial score (nSPS) is 10.9. The van der Waals surface area contributed by atoms with Crippen LogP contribution in [0.15, 0.2) is 40.5 Å². The average Bonchev–Trinajstić information content (AvgIpc) is 2.83. The summed E-state index contributed by atoms with van der Waals surface area (Å²) < 4.78 is 1.03. The molecule has 0 amide bonds. The molecular formula is C12H7IN2OS. The van der Waals surface area contributed by atoms with Crippen molar-refractivity contribution in [3.8, 4) is 10.7 Å². The van der Waals surface area contributed by atoms with E-state index in [-0.39, 0.29) is 5.56 Å². The number of aromatic nitrogens is 2. The van der Waals surface area contributed by atoms with E-state index in [0.29, 0.717) is 11.2 Å². The highest BCUT2D eigenvalue weighted by atomic mass is 127. The van der Waals surface area contributed by atoms with Gasteiger partial charge in [-0.3, -0.25) is 4.79 Å². The van der Waals surface area contributed by atoms with E-state index in [2.05, 4.69) is 32.6 Å². The highest BCUT2D eigenvalue weighted by molar-refractivity contribution is 14.1. The standard InChI is InChI=1S/C12H7IN2OS/c13-7-3-4-9-8(6-7)12(16)15-11(14-9)10-2-1-5-17-10/h1-6H,(H,14,15,16). The zero-order valence-electron chi connectivity index (χ0n) is 8.61. The van der Waals surface area contributed by atoms with E-state index in [0.717, 1.165) is 14.0 Å². The first-order valence-electron chi connectivity index (χ1n) is 4.97. The molecule has 2 aromatic heterocycles. The summed E-state index contributed by atoms with van der Waals surface area (Å²) in [6.45, 7) is 0. The fraction of sp³-hybridized carbons (Fsp3) is 0. The summed E-state index contributed by atoms with van der Waals surface area (Å²) in [6, 6.07) is 9.57. The van der Waals surface area contributed by atoms with Crippen LogP contribution < -0.4 is 5.56 Å². The van der Waals surface area contributed by atoms with Crippen molar-refractivity contribution in [1.29, 1.82) is 0 Å². The molecule has 0 aliphatic heterocycles. The summed E-state index contributed by atoms with van der Waals surface area (Å²) in [5, 5.41) is 2.60. The minimum atomic E-state index is -0.0862. The smallest absolute Gasteiger partial charge is 0.259 e. The van der Waals surface area contributed by atoms with Gasteiger partial charge in [0.2, 0.25) is 0 Å². The number of hydrogen-bond acceptors (Lipinski definition) is 3. The number of nitrogens with zero attached hydrogens (tertiary/aromatic N) is 1. The first-order valence-corrected chi connectivity index (χ1v) is 6.93. The molecule has 0 spiro atoms. The molecule has 0 saturated carbocycles. The highest BCUT2D eigenvalue weighted by Crippen LogP contribution is 2.21. The van der Waals surface area contributed by atoms with Gasteiger partial charge in [0.25, 0.3) is 5.56 Å². The fourth-order valence-electron chi connectivity index (χ4n) is 1.64. The van der Waals surface area contributed by atoms with Gasteiger partial charge >= 0.3 is 0 Å². The van der Waals surface area contributed by atoms with Crippen LogP contribution in [0, 0.1) is 3.57 Å². The predicted octanol–water partition coefficient (Wildman–Crippen LogP) is 3.26. The lowest BCUT2D eigenvalue weighted by molar-refractivity contribution is 1.19. The summed E-state index contributed by atoms with van der Waals surface area (Å²) in [5.41, 5.74) is 0.648. The maximum absolute atomic E-state index is 12.0. The second-order valence-corrected chi connectivity index (χ2v) is 5.75. The number of hydrogen-bond donors (Lipinski definition) is 1. The Morgan fingerprint density at radius 3 is 2.94 bits per heavy atom. The van der Waals surface area contributed by atoms with Gasteiger partial charge in [0.05, 0.1) is 15.8 Å². The molecule has 0 fully saturated rings. The first kappa shape index (κ1) is 10.9. The van der Waals surface area contributed by atoms with E-state index in [1.165, 1.54) is 0 Å². The van der Waals surface area contributed by atoms with Gasteiger partial charge in [-0.05, 0) is 52.2 Å². The Morgan fingerprint density at radius 2 is 2.18 bits per heavy atom. The molecule has 0 bridgehead atoms. The van der Waals surface area contributed by atoms with Crippen molar-refractivity contribution >= 4 is 44.8 Å². The molecule has 3 aromatic rings. The van der Waals surface area contributed by atoms with Gasteiger partial charge in [0, 0.05) is 3.57 Å². The summed E-state index contributed by atoms with van der Waals surface area (Å²) >= 11 is 3.75. The maximum Gasteiger partial charge on any atom is 0.259 e. The third kappa shape index (κ3) is 2.00. The van der Waals surface area contributed by atoms with Crippen LogP contribution in [0.1, 0.15) is 0 Å². The van der Waals surface area contributed by atoms with Crippen LogP contribution in [0.2, 0.25) is 0 Å². The van der Waals surface area contributed by atoms with E-state index < -0.39 is 0 Å². The van der Waals surface area contributed by atoms with Crippen LogP contribution in [0.3, 0.4) is 0 Å².